The molecule has 3 rings (SSSR count). The summed E-state index contributed by atoms with van der Waals surface area (Å²) in [5.41, 5.74) is 1.86. The second kappa shape index (κ2) is 7.35. The van der Waals surface area contributed by atoms with E-state index in [9.17, 15) is 4.79 Å². The molecular weight excluding hydrogens is 326 g/mol. The van der Waals surface area contributed by atoms with E-state index in [2.05, 4.69) is 10.3 Å². The van der Waals surface area contributed by atoms with Crippen LogP contribution in [0.15, 0.2) is 36.0 Å². The van der Waals surface area contributed by atoms with Crippen LogP contribution in [0.25, 0.3) is 4.96 Å². The highest BCUT2D eigenvalue weighted by Crippen LogP contribution is 2.27. The third kappa shape index (κ3) is 3.68. The maximum Gasteiger partial charge on any atom is 0.224 e. The van der Waals surface area contributed by atoms with Crippen LogP contribution in [-0.2, 0) is 17.6 Å². The summed E-state index contributed by atoms with van der Waals surface area (Å²) < 4.78 is 12.4. The van der Waals surface area contributed by atoms with Gasteiger partial charge < -0.3 is 14.8 Å². The third-order valence-electron chi connectivity index (χ3n) is 3.66. The molecule has 24 heavy (non-hydrogen) atoms. The molecule has 0 aliphatic carbocycles. The molecule has 6 nitrogen and oxygen atoms in total. The Hall–Kier alpha value is -2.54. The monoisotopic (exact) mass is 345 g/mol. The number of aromatic nitrogens is 2. The highest BCUT2D eigenvalue weighted by Gasteiger charge is 2.09. The van der Waals surface area contributed by atoms with Gasteiger partial charge in [-0.15, -0.1) is 11.3 Å². The Bertz CT molecular complexity index is 812. The molecular formula is C17H19N3O3S. The molecule has 3 aromatic rings. The first-order valence-corrected chi connectivity index (χ1v) is 8.46. The lowest BCUT2D eigenvalue weighted by Crippen LogP contribution is -2.27. The molecule has 0 aliphatic heterocycles. The van der Waals surface area contributed by atoms with E-state index in [1.807, 2.05) is 34.3 Å². The van der Waals surface area contributed by atoms with Crippen molar-refractivity contribution in [2.45, 2.75) is 12.8 Å². The number of carbonyl (C=O) groups is 1. The maximum atomic E-state index is 12.1. The van der Waals surface area contributed by atoms with Crippen molar-refractivity contribution in [3.63, 3.8) is 0 Å². The summed E-state index contributed by atoms with van der Waals surface area (Å²) >= 11 is 1.60. The van der Waals surface area contributed by atoms with E-state index in [0.29, 0.717) is 30.9 Å². The third-order valence-corrected chi connectivity index (χ3v) is 4.43. The Morgan fingerprint density at radius 1 is 1.29 bits per heavy atom. The van der Waals surface area contributed by atoms with Crippen molar-refractivity contribution in [1.82, 2.24) is 14.7 Å². The van der Waals surface area contributed by atoms with Gasteiger partial charge in [-0.25, -0.2) is 4.98 Å². The van der Waals surface area contributed by atoms with Gasteiger partial charge in [0.05, 0.1) is 26.3 Å². The van der Waals surface area contributed by atoms with Gasteiger partial charge in [-0.2, -0.15) is 0 Å². The number of thiazole rings is 1. The predicted octanol–water partition coefficient (Wildman–Crippen LogP) is 2.31. The van der Waals surface area contributed by atoms with E-state index in [1.54, 1.807) is 31.6 Å². The van der Waals surface area contributed by atoms with Gasteiger partial charge >= 0.3 is 0 Å². The minimum absolute atomic E-state index is 0.0248. The smallest absolute Gasteiger partial charge is 0.224 e. The number of amides is 1. The second-order valence-corrected chi connectivity index (χ2v) is 6.16. The van der Waals surface area contributed by atoms with E-state index in [0.717, 1.165) is 16.2 Å². The van der Waals surface area contributed by atoms with Crippen molar-refractivity contribution < 1.29 is 14.3 Å². The van der Waals surface area contributed by atoms with Crippen LogP contribution >= 0.6 is 11.3 Å². The largest absolute Gasteiger partial charge is 0.493 e. The number of ether oxygens (including phenoxy) is 2. The fraction of sp³-hybridized carbons (Fsp3) is 0.294. The first-order chi connectivity index (χ1) is 11.7. The van der Waals surface area contributed by atoms with Crippen LogP contribution < -0.4 is 14.8 Å². The molecule has 0 saturated carbocycles. The van der Waals surface area contributed by atoms with Crippen molar-refractivity contribution in [2.24, 2.45) is 0 Å². The normalized spacial score (nSPS) is 10.8. The average molecular weight is 345 g/mol. The molecule has 0 atom stereocenters. The van der Waals surface area contributed by atoms with Gasteiger partial charge in [-0.05, 0) is 17.7 Å². The summed E-state index contributed by atoms with van der Waals surface area (Å²) in [6, 6.07) is 5.49. The summed E-state index contributed by atoms with van der Waals surface area (Å²) in [5.74, 6) is 1.26. The minimum atomic E-state index is -0.0248. The molecule has 0 spiro atoms. The van der Waals surface area contributed by atoms with Crippen LogP contribution in [0.4, 0.5) is 0 Å². The average Bonchev–Trinajstić information content (AvgIpc) is 3.16. The van der Waals surface area contributed by atoms with Gasteiger partial charge in [0.25, 0.3) is 0 Å². The quantitative estimate of drug-likeness (QED) is 0.714. The zero-order valence-corrected chi connectivity index (χ0v) is 14.4. The topological polar surface area (TPSA) is 64.9 Å². The Morgan fingerprint density at radius 3 is 2.88 bits per heavy atom. The van der Waals surface area contributed by atoms with Crippen LogP contribution in [0.5, 0.6) is 11.5 Å². The lowest BCUT2D eigenvalue weighted by molar-refractivity contribution is -0.120. The number of hydrogen-bond acceptors (Lipinski definition) is 5. The molecule has 1 amide bonds. The molecule has 0 saturated heterocycles. The predicted molar refractivity (Wildman–Crippen MR) is 93.0 cm³/mol. The minimum Gasteiger partial charge on any atom is -0.493 e. The van der Waals surface area contributed by atoms with Crippen molar-refractivity contribution in [3.05, 3.63) is 47.2 Å². The molecule has 0 fully saturated rings. The number of nitrogens with zero attached hydrogens (tertiary/aromatic N) is 2. The number of imidazole rings is 1. The van der Waals surface area contributed by atoms with Crippen molar-refractivity contribution in [3.8, 4) is 11.5 Å². The fourth-order valence-corrected chi connectivity index (χ4v) is 3.18. The molecule has 2 aromatic heterocycles. The molecule has 0 unspecified atom stereocenters. The first-order valence-electron chi connectivity index (χ1n) is 7.58. The summed E-state index contributed by atoms with van der Waals surface area (Å²) in [5, 5.41) is 4.92. The molecule has 7 heteroatoms. The first kappa shape index (κ1) is 16.3. The van der Waals surface area contributed by atoms with E-state index in [1.165, 1.54) is 0 Å². The number of carbonyl (C=O) groups excluding carboxylic acids is 1. The number of methoxy groups -OCH3 is 2. The van der Waals surface area contributed by atoms with E-state index >= 15 is 0 Å². The van der Waals surface area contributed by atoms with E-state index < -0.39 is 0 Å². The van der Waals surface area contributed by atoms with Gasteiger partial charge in [0.1, 0.15) is 0 Å². The summed E-state index contributed by atoms with van der Waals surface area (Å²) in [7, 11) is 3.17. The van der Waals surface area contributed by atoms with Crippen LogP contribution in [0.3, 0.4) is 0 Å². The standard InChI is InChI=1S/C17H19N3O3S/c1-22-14-4-3-12(9-15(14)23-2)10-16(21)18-6-5-13-11-20-7-8-24-17(20)19-13/h3-4,7-9,11H,5-6,10H2,1-2H3,(H,18,21). The number of hydrogen-bond donors (Lipinski definition) is 1. The molecule has 1 N–H and O–H groups in total. The van der Waals surface area contributed by atoms with Crippen LogP contribution in [0.2, 0.25) is 0 Å². The van der Waals surface area contributed by atoms with Gasteiger partial charge in [0.2, 0.25) is 5.91 Å². The lowest BCUT2D eigenvalue weighted by Gasteiger charge is -2.09. The van der Waals surface area contributed by atoms with E-state index in [4.69, 9.17) is 9.47 Å². The highest BCUT2D eigenvalue weighted by molar-refractivity contribution is 7.15. The lowest BCUT2D eigenvalue weighted by atomic mass is 10.1. The zero-order chi connectivity index (χ0) is 16.9. The summed E-state index contributed by atoms with van der Waals surface area (Å²) in [6.45, 7) is 0.566. The Balaban J connectivity index is 1.51. The molecule has 1 aromatic carbocycles. The SMILES string of the molecule is COc1ccc(CC(=O)NCCc2cn3ccsc3n2)cc1OC. The van der Waals surface area contributed by atoms with Gasteiger partial charge in [-0.1, -0.05) is 6.07 Å². The van der Waals surface area contributed by atoms with Gasteiger partial charge in [-0.3, -0.25) is 9.20 Å². The van der Waals surface area contributed by atoms with Crippen LogP contribution in [-0.4, -0.2) is 36.1 Å². The number of fused-ring (bicyclic) bond motifs is 1. The zero-order valence-electron chi connectivity index (χ0n) is 13.6. The Morgan fingerprint density at radius 2 is 2.12 bits per heavy atom. The number of nitrogens with one attached hydrogen (secondary N) is 1. The number of rotatable bonds is 7. The fourth-order valence-electron chi connectivity index (χ4n) is 2.47. The van der Waals surface area contributed by atoms with Crippen molar-refractivity contribution >= 4 is 22.2 Å². The number of benzene rings is 1. The molecule has 126 valence electrons. The molecule has 2 heterocycles. The van der Waals surface area contributed by atoms with Crippen molar-refractivity contribution in [2.75, 3.05) is 20.8 Å². The molecule has 0 radical (unpaired) electrons. The molecule has 0 bridgehead atoms. The molecule has 0 aliphatic rings. The van der Waals surface area contributed by atoms with E-state index in [-0.39, 0.29) is 5.91 Å². The van der Waals surface area contributed by atoms with Crippen LogP contribution in [0, 0.1) is 0 Å². The van der Waals surface area contributed by atoms with Crippen LogP contribution in [0.1, 0.15) is 11.3 Å². The highest BCUT2D eigenvalue weighted by atomic mass is 32.1. The Kier molecular flexibility index (Phi) is 5.00. The second-order valence-electron chi connectivity index (χ2n) is 5.29. The van der Waals surface area contributed by atoms with Crippen molar-refractivity contribution in [1.29, 1.82) is 0 Å². The van der Waals surface area contributed by atoms with Gasteiger partial charge in [0.15, 0.2) is 16.5 Å². The van der Waals surface area contributed by atoms with Gasteiger partial charge in [0, 0.05) is 30.7 Å². The Labute approximate surface area is 144 Å². The maximum absolute atomic E-state index is 12.1. The summed E-state index contributed by atoms with van der Waals surface area (Å²) in [6.07, 6.45) is 4.99. The summed E-state index contributed by atoms with van der Waals surface area (Å²) in [4.78, 5) is 17.5.